The van der Waals surface area contributed by atoms with Gasteiger partial charge in [-0.25, -0.2) is 8.78 Å². The summed E-state index contributed by atoms with van der Waals surface area (Å²) >= 11 is 1.28. The van der Waals surface area contributed by atoms with E-state index in [1.54, 1.807) is 18.2 Å². The number of ether oxygens (including phenoxy) is 1. The van der Waals surface area contributed by atoms with Gasteiger partial charge in [-0.3, -0.25) is 25.3 Å². The zero-order valence-electron chi connectivity index (χ0n) is 19.0. The Kier molecular flexibility index (Phi) is 7.51. The van der Waals surface area contributed by atoms with Crippen LogP contribution in [0.15, 0.2) is 35.6 Å². The highest BCUT2D eigenvalue weighted by atomic mass is 32.2. The number of amides is 2. The Hall–Kier alpha value is -3.65. The molecule has 0 saturated heterocycles. The second-order valence-electron chi connectivity index (χ2n) is 7.90. The number of methoxy groups -OCH3 is 1. The summed E-state index contributed by atoms with van der Waals surface area (Å²) in [6.07, 6.45) is 0.649. The Morgan fingerprint density at radius 1 is 1.26 bits per heavy atom. The van der Waals surface area contributed by atoms with Crippen molar-refractivity contribution in [1.82, 2.24) is 21.0 Å². The third-order valence-corrected chi connectivity index (χ3v) is 6.20. The third-order valence-electron chi connectivity index (χ3n) is 5.32. The van der Waals surface area contributed by atoms with Crippen molar-refractivity contribution in [2.24, 2.45) is 11.0 Å². The van der Waals surface area contributed by atoms with E-state index >= 15 is 0 Å². The molecule has 8 nitrogen and oxygen atoms in total. The molecule has 1 aliphatic heterocycles. The fourth-order valence-electron chi connectivity index (χ4n) is 3.33. The Balaban J connectivity index is 1.65. The lowest BCUT2D eigenvalue weighted by Crippen LogP contribution is -2.28. The van der Waals surface area contributed by atoms with Crippen LogP contribution >= 0.6 is 11.8 Å². The Morgan fingerprint density at radius 2 is 2.06 bits per heavy atom. The molecule has 0 bridgehead atoms. The van der Waals surface area contributed by atoms with Gasteiger partial charge in [0.05, 0.1) is 19.7 Å². The van der Waals surface area contributed by atoms with Crippen molar-refractivity contribution < 1.29 is 23.1 Å². The molecule has 11 heteroatoms. The van der Waals surface area contributed by atoms with E-state index in [1.807, 2.05) is 0 Å². The number of aromatic nitrogens is 1. The van der Waals surface area contributed by atoms with Gasteiger partial charge in [0, 0.05) is 24.1 Å². The molecule has 1 fully saturated rings. The summed E-state index contributed by atoms with van der Waals surface area (Å²) in [5.41, 5.74) is 3.80. The Bertz CT molecular complexity index is 1240. The van der Waals surface area contributed by atoms with Crippen LogP contribution in [0.1, 0.15) is 40.9 Å². The van der Waals surface area contributed by atoms with E-state index in [0.717, 1.165) is 12.8 Å². The van der Waals surface area contributed by atoms with Gasteiger partial charge in [-0.2, -0.15) is 5.10 Å². The molecular weight excluding hydrogens is 476 g/mol. The number of rotatable bonds is 6. The topological polar surface area (TPSA) is 105 Å². The molecule has 3 N–H and O–H groups in total. The molecule has 1 unspecified atom stereocenters. The number of nitrogens with zero attached hydrogens (tertiary/aromatic N) is 2. The highest BCUT2D eigenvalue weighted by Gasteiger charge is 2.25. The molecule has 2 aromatic rings. The first kappa shape index (κ1) is 24.5. The molecular formula is C24H23F2N5O3S. The number of carbonyl (C=O) groups is 2. The van der Waals surface area contributed by atoms with Crippen LogP contribution in [0.3, 0.4) is 0 Å². The summed E-state index contributed by atoms with van der Waals surface area (Å²) in [7, 11) is 2.90. The Labute approximate surface area is 205 Å². The van der Waals surface area contributed by atoms with Crippen LogP contribution in [-0.2, 0) is 11.2 Å². The second-order valence-corrected chi connectivity index (χ2v) is 8.99. The minimum absolute atomic E-state index is 0.0499. The molecule has 2 aliphatic rings. The van der Waals surface area contributed by atoms with Crippen molar-refractivity contribution in [1.29, 1.82) is 0 Å². The largest absolute Gasteiger partial charge is 0.494 e. The lowest BCUT2D eigenvalue weighted by Gasteiger charge is -2.15. The molecule has 0 spiro atoms. The summed E-state index contributed by atoms with van der Waals surface area (Å²) < 4.78 is 32.2. The molecule has 1 atom stereocenters. The van der Waals surface area contributed by atoms with Crippen LogP contribution in [0.2, 0.25) is 0 Å². The normalized spacial score (nSPS) is 16.6. The molecule has 1 saturated carbocycles. The van der Waals surface area contributed by atoms with Crippen LogP contribution in [0, 0.1) is 17.8 Å². The number of hydrogen-bond acceptors (Lipinski definition) is 7. The zero-order chi connectivity index (χ0) is 24.9. The Morgan fingerprint density at radius 3 is 2.74 bits per heavy atom. The molecule has 2 heterocycles. The molecule has 1 aliphatic carbocycles. The van der Waals surface area contributed by atoms with Crippen molar-refractivity contribution >= 4 is 28.7 Å². The smallest absolute Gasteiger partial charge is 0.280 e. The predicted molar refractivity (Wildman–Crippen MR) is 129 cm³/mol. The number of pyridine rings is 1. The number of benzene rings is 1. The summed E-state index contributed by atoms with van der Waals surface area (Å²) in [5, 5.41) is 9.51. The van der Waals surface area contributed by atoms with Gasteiger partial charge in [0.1, 0.15) is 11.4 Å². The number of alkyl halides is 2. The summed E-state index contributed by atoms with van der Waals surface area (Å²) in [5.74, 6) is 6.18. The van der Waals surface area contributed by atoms with Gasteiger partial charge in [-0.15, -0.1) is 0 Å². The van der Waals surface area contributed by atoms with Gasteiger partial charge in [-0.05, 0) is 53.9 Å². The van der Waals surface area contributed by atoms with E-state index in [9.17, 15) is 18.4 Å². The number of carbonyl (C=O) groups excluding carboxylic acids is 2. The first-order valence-corrected chi connectivity index (χ1v) is 11.7. The average Bonchev–Trinajstić information content (AvgIpc) is 3.59. The second kappa shape index (κ2) is 10.7. The van der Waals surface area contributed by atoms with E-state index in [4.69, 9.17) is 4.74 Å². The van der Waals surface area contributed by atoms with Crippen molar-refractivity contribution in [3.05, 3.63) is 47.3 Å². The van der Waals surface area contributed by atoms with Gasteiger partial charge in [0.2, 0.25) is 5.91 Å². The maximum absolute atomic E-state index is 13.4. The number of halogens is 2. The van der Waals surface area contributed by atoms with Gasteiger partial charge in [-0.1, -0.05) is 17.9 Å². The minimum Gasteiger partial charge on any atom is -0.494 e. The van der Waals surface area contributed by atoms with E-state index in [1.165, 1.54) is 38.2 Å². The first-order chi connectivity index (χ1) is 16.9. The zero-order valence-corrected chi connectivity index (χ0v) is 19.8. The quantitative estimate of drug-likeness (QED) is 0.528. The maximum Gasteiger partial charge on any atom is 0.280 e. The van der Waals surface area contributed by atoms with Crippen LogP contribution in [0.5, 0.6) is 5.75 Å². The fraction of sp³-hybridized carbons (Fsp3) is 0.333. The van der Waals surface area contributed by atoms with Crippen LogP contribution < -0.4 is 20.8 Å². The lowest BCUT2D eigenvalue weighted by molar-refractivity contribution is -0.119. The molecule has 1 aromatic carbocycles. The third kappa shape index (κ3) is 6.08. The molecule has 0 radical (unpaired) electrons. The first-order valence-electron chi connectivity index (χ1n) is 10.9. The van der Waals surface area contributed by atoms with Crippen LogP contribution in [-0.4, -0.2) is 41.5 Å². The van der Waals surface area contributed by atoms with Crippen LogP contribution in [0.4, 0.5) is 8.78 Å². The van der Waals surface area contributed by atoms with Crippen LogP contribution in [0.25, 0.3) is 11.1 Å². The summed E-state index contributed by atoms with van der Waals surface area (Å²) in [4.78, 5) is 28.9. The molecule has 182 valence electrons. The van der Waals surface area contributed by atoms with Crippen molar-refractivity contribution in [3.63, 3.8) is 0 Å². The van der Waals surface area contributed by atoms with Gasteiger partial charge in [0.15, 0.2) is 10.5 Å². The summed E-state index contributed by atoms with van der Waals surface area (Å²) in [6.45, 7) is 0. The van der Waals surface area contributed by atoms with E-state index in [0.29, 0.717) is 22.2 Å². The SMILES string of the molecule is CNC(=O)Cc1ccc(C(=O)NC2=NNC(C#CC3CC3)S2)c(-c2cc(C(F)F)ncc2OC)c1. The number of likely N-dealkylation sites (N-methyl/N-ethyl adjacent to an activating group) is 1. The van der Waals surface area contributed by atoms with E-state index in [2.05, 4.69) is 38.0 Å². The van der Waals surface area contributed by atoms with Gasteiger partial charge < -0.3 is 10.1 Å². The standard InChI is InChI=1S/C24H23F2N5O3S/c1-27-20(32)10-14-5-7-15(16(9-14)17-11-18(22(25)26)28-12-19(17)34-2)23(33)29-24-31-30-21(35-24)8-6-13-3-4-13/h5,7,9,11-13,21-22,30H,3-4,10H2,1-2H3,(H,27,32)(H,29,31,33). The highest BCUT2D eigenvalue weighted by Crippen LogP contribution is 2.35. The van der Waals surface area contributed by atoms with Crippen molar-refractivity contribution in [3.8, 4) is 28.7 Å². The van der Waals surface area contributed by atoms with Gasteiger partial charge >= 0.3 is 0 Å². The highest BCUT2D eigenvalue weighted by molar-refractivity contribution is 8.14. The van der Waals surface area contributed by atoms with E-state index in [-0.39, 0.29) is 34.6 Å². The summed E-state index contributed by atoms with van der Waals surface area (Å²) in [6, 6.07) is 5.99. The van der Waals surface area contributed by atoms with E-state index < -0.39 is 18.0 Å². The van der Waals surface area contributed by atoms with Gasteiger partial charge in [0.25, 0.3) is 12.3 Å². The molecule has 2 amide bonds. The van der Waals surface area contributed by atoms with Crippen molar-refractivity contribution in [2.45, 2.75) is 31.1 Å². The fourth-order valence-corrected chi connectivity index (χ4v) is 4.05. The lowest BCUT2D eigenvalue weighted by atomic mass is 9.95. The number of nitrogens with one attached hydrogen (secondary N) is 3. The molecule has 35 heavy (non-hydrogen) atoms. The predicted octanol–water partition coefficient (Wildman–Crippen LogP) is 3.06. The number of hydrogen-bond donors (Lipinski definition) is 3. The number of thioether (sulfide) groups is 1. The number of amidine groups is 1. The monoisotopic (exact) mass is 499 g/mol. The van der Waals surface area contributed by atoms with Crippen molar-refractivity contribution in [2.75, 3.05) is 14.2 Å². The molecule has 4 rings (SSSR count). The minimum atomic E-state index is -2.81. The average molecular weight is 500 g/mol. The maximum atomic E-state index is 13.4. The molecule has 1 aromatic heterocycles. The number of hydrazone groups is 1.